The number of aromatic nitrogens is 2. The summed E-state index contributed by atoms with van der Waals surface area (Å²) in [6.45, 7) is 4.04. The third kappa shape index (κ3) is 3.35. The summed E-state index contributed by atoms with van der Waals surface area (Å²) < 4.78 is 5.15. The van der Waals surface area contributed by atoms with Crippen LogP contribution in [0.1, 0.15) is 24.0 Å². The van der Waals surface area contributed by atoms with E-state index in [9.17, 15) is 0 Å². The lowest BCUT2D eigenvalue weighted by molar-refractivity contribution is 0.200. The number of piperidine rings is 1. The number of benzene rings is 1. The molecule has 26 heavy (non-hydrogen) atoms. The van der Waals surface area contributed by atoms with E-state index in [0.717, 1.165) is 38.0 Å². The summed E-state index contributed by atoms with van der Waals surface area (Å²) in [4.78, 5) is 13.8. The molecule has 2 aromatic rings. The van der Waals surface area contributed by atoms with E-state index in [4.69, 9.17) is 10.00 Å². The lowest BCUT2D eigenvalue weighted by Crippen LogP contribution is -2.48. The van der Waals surface area contributed by atoms with Crippen LogP contribution in [-0.4, -0.2) is 47.7 Å². The van der Waals surface area contributed by atoms with Crippen LogP contribution in [0.4, 0.5) is 5.95 Å². The van der Waals surface area contributed by atoms with E-state index in [1.165, 1.54) is 18.4 Å². The third-order valence-corrected chi connectivity index (χ3v) is 5.58. The van der Waals surface area contributed by atoms with E-state index >= 15 is 0 Å². The predicted octanol–water partition coefficient (Wildman–Crippen LogP) is 2.46. The Morgan fingerprint density at radius 1 is 1.15 bits per heavy atom. The summed E-state index contributed by atoms with van der Waals surface area (Å²) in [5.74, 6) is 2.23. The number of hydrogen-bond acceptors (Lipinski definition) is 6. The lowest BCUT2D eigenvalue weighted by atomic mass is 9.92. The molecule has 1 aromatic carbocycles. The van der Waals surface area contributed by atoms with Gasteiger partial charge < -0.3 is 9.64 Å². The van der Waals surface area contributed by atoms with Gasteiger partial charge in [-0.3, -0.25) is 4.90 Å². The van der Waals surface area contributed by atoms with Gasteiger partial charge in [0.2, 0.25) is 5.95 Å². The second-order valence-corrected chi connectivity index (χ2v) is 7.05. The maximum atomic E-state index is 8.95. The van der Waals surface area contributed by atoms with Gasteiger partial charge in [-0.2, -0.15) is 5.26 Å². The van der Waals surface area contributed by atoms with Crippen molar-refractivity contribution in [1.29, 1.82) is 5.26 Å². The van der Waals surface area contributed by atoms with Crippen molar-refractivity contribution in [2.45, 2.75) is 25.4 Å². The predicted molar refractivity (Wildman–Crippen MR) is 98.9 cm³/mol. The van der Waals surface area contributed by atoms with Gasteiger partial charge in [0, 0.05) is 25.7 Å². The molecule has 0 aliphatic carbocycles. The molecule has 1 aromatic heterocycles. The van der Waals surface area contributed by atoms with Gasteiger partial charge in [-0.1, -0.05) is 12.1 Å². The quantitative estimate of drug-likeness (QED) is 0.845. The van der Waals surface area contributed by atoms with Gasteiger partial charge in [-0.25, -0.2) is 9.97 Å². The van der Waals surface area contributed by atoms with Gasteiger partial charge >= 0.3 is 0 Å². The molecule has 0 spiro atoms. The largest absolute Gasteiger partial charge is 0.494 e. The number of nitrogens with zero attached hydrogens (tertiary/aromatic N) is 5. The number of fused-ring (bicyclic) bond motifs is 1. The summed E-state index contributed by atoms with van der Waals surface area (Å²) >= 11 is 0. The second kappa shape index (κ2) is 7.30. The second-order valence-electron chi connectivity index (χ2n) is 7.05. The Labute approximate surface area is 154 Å². The first-order valence-electron chi connectivity index (χ1n) is 9.11. The van der Waals surface area contributed by atoms with Crippen molar-refractivity contribution in [3.8, 4) is 11.8 Å². The highest BCUT2D eigenvalue weighted by Crippen LogP contribution is 2.33. The molecular weight excluding hydrogens is 326 g/mol. The van der Waals surface area contributed by atoms with E-state index in [1.54, 1.807) is 19.5 Å². The van der Waals surface area contributed by atoms with Gasteiger partial charge in [0.25, 0.3) is 0 Å². The molecule has 0 amide bonds. The molecule has 2 saturated heterocycles. The van der Waals surface area contributed by atoms with Crippen LogP contribution < -0.4 is 9.64 Å². The Balaban J connectivity index is 1.44. The maximum Gasteiger partial charge on any atom is 0.225 e. The number of anilines is 1. The fourth-order valence-electron chi connectivity index (χ4n) is 4.10. The Kier molecular flexibility index (Phi) is 4.72. The van der Waals surface area contributed by atoms with Crippen molar-refractivity contribution < 1.29 is 4.74 Å². The van der Waals surface area contributed by atoms with Gasteiger partial charge in [-0.05, 0) is 43.0 Å². The molecule has 2 atom stereocenters. The van der Waals surface area contributed by atoms with Crippen molar-refractivity contribution in [2.24, 2.45) is 5.92 Å². The minimum atomic E-state index is 0.532. The number of nitriles is 1. The highest BCUT2D eigenvalue weighted by atomic mass is 16.5. The van der Waals surface area contributed by atoms with Crippen molar-refractivity contribution in [1.82, 2.24) is 14.9 Å². The van der Waals surface area contributed by atoms with Gasteiger partial charge in [0.05, 0.1) is 31.1 Å². The number of rotatable bonds is 4. The van der Waals surface area contributed by atoms with Crippen molar-refractivity contribution in [2.75, 3.05) is 31.6 Å². The highest BCUT2D eigenvalue weighted by Gasteiger charge is 2.38. The number of methoxy groups -OCH3 is 1. The summed E-state index contributed by atoms with van der Waals surface area (Å²) in [6.07, 6.45) is 5.91. The maximum absolute atomic E-state index is 8.95. The van der Waals surface area contributed by atoms with E-state index in [-0.39, 0.29) is 0 Å². The molecule has 0 saturated carbocycles. The van der Waals surface area contributed by atoms with E-state index in [1.807, 2.05) is 12.1 Å². The summed E-state index contributed by atoms with van der Waals surface area (Å²) in [5.41, 5.74) is 1.98. The molecule has 0 N–H and O–H groups in total. The zero-order valence-electron chi connectivity index (χ0n) is 15.0. The highest BCUT2D eigenvalue weighted by molar-refractivity contribution is 5.34. The van der Waals surface area contributed by atoms with Gasteiger partial charge in [0.1, 0.15) is 0 Å². The van der Waals surface area contributed by atoms with Crippen LogP contribution in [0, 0.1) is 17.2 Å². The molecule has 134 valence electrons. The summed E-state index contributed by atoms with van der Waals surface area (Å²) in [7, 11) is 1.63. The fourth-order valence-corrected chi connectivity index (χ4v) is 4.10. The SMILES string of the molecule is COc1cnc(N2CCC3CCN(Cc4ccc(C#N)cc4)C3C2)nc1. The smallest absolute Gasteiger partial charge is 0.225 e. The molecule has 3 heterocycles. The zero-order valence-corrected chi connectivity index (χ0v) is 15.0. The van der Waals surface area contributed by atoms with Crippen LogP contribution >= 0.6 is 0 Å². The standard InChI is InChI=1S/C20H23N5O/c1-26-18-11-22-20(23-12-18)25-9-7-17-6-8-24(19(17)14-25)13-16-4-2-15(10-21)3-5-16/h2-5,11-12,17,19H,6-9,13-14H2,1H3. The Morgan fingerprint density at radius 3 is 2.58 bits per heavy atom. The molecule has 0 radical (unpaired) electrons. The average molecular weight is 349 g/mol. The van der Waals surface area contributed by atoms with Gasteiger partial charge in [-0.15, -0.1) is 0 Å². The molecule has 2 aliphatic rings. The topological polar surface area (TPSA) is 65.3 Å². The third-order valence-electron chi connectivity index (χ3n) is 5.58. The van der Waals surface area contributed by atoms with Gasteiger partial charge in [0.15, 0.2) is 5.75 Å². The van der Waals surface area contributed by atoms with E-state index in [0.29, 0.717) is 17.4 Å². The average Bonchev–Trinajstić information content (AvgIpc) is 3.10. The van der Waals surface area contributed by atoms with Crippen molar-refractivity contribution >= 4 is 5.95 Å². The molecule has 6 heteroatoms. The first-order valence-corrected chi connectivity index (χ1v) is 9.11. The zero-order chi connectivity index (χ0) is 17.9. The summed E-state index contributed by atoms with van der Waals surface area (Å²) in [5, 5.41) is 8.95. The van der Waals surface area contributed by atoms with Crippen LogP contribution in [0.2, 0.25) is 0 Å². The molecule has 2 fully saturated rings. The minimum absolute atomic E-state index is 0.532. The Morgan fingerprint density at radius 2 is 1.88 bits per heavy atom. The summed E-state index contributed by atoms with van der Waals surface area (Å²) in [6, 6.07) is 10.7. The molecular formula is C20H23N5O. The Bertz CT molecular complexity index is 783. The number of likely N-dealkylation sites (tertiary alicyclic amines) is 1. The van der Waals surface area contributed by atoms with Crippen molar-refractivity contribution in [3.05, 3.63) is 47.8 Å². The Hall–Kier alpha value is -2.65. The van der Waals surface area contributed by atoms with E-state index < -0.39 is 0 Å². The van der Waals surface area contributed by atoms with Crippen LogP contribution in [-0.2, 0) is 6.54 Å². The van der Waals surface area contributed by atoms with Crippen molar-refractivity contribution in [3.63, 3.8) is 0 Å². The molecule has 2 unspecified atom stereocenters. The normalized spacial score (nSPS) is 22.7. The molecule has 2 aliphatic heterocycles. The fraction of sp³-hybridized carbons (Fsp3) is 0.450. The number of ether oxygens (including phenoxy) is 1. The first-order chi connectivity index (χ1) is 12.8. The van der Waals surface area contributed by atoms with Crippen LogP contribution in [0.25, 0.3) is 0 Å². The first kappa shape index (κ1) is 16.8. The molecule has 0 bridgehead atoms. The van der Waals surface area contributed by atoms with Crippen LogP contribution in [0.3, 0.4) is 0 Å². The lowest BCUT2D eigenvalue weighted by Gasteiger charge is -2.38. The van der Waals surface area contributed by atoms with E-state index in [2.05, 4.69) is 38.0 Å². The van der Waals surface area contributed by atoms with Crippen LogP contribution in [0.15, 0.2) is 36.7 Å². The molecule has 6 nitrogen and oxygen atoms in total. The molecule has 4 rings (SSSR count). The minimum Gasteiger partial charge on any atom is -0.494 e. The monoisotopic (exact) mass is 349 g/mol. The van der Waals surface area contributed by atoms with Crippen LogP contribution in [0.5, 0.6) is 5.75 Å². The number of hydrogen-bond donors (Lipinski definition) is 0.